The number of hydrogen-bond acceptors (Lipinski definition) is 3. The molecule has 8 aromatic carbocycles. The molecule has 1 spiro atoms. The highest BCUT2D eigenvalue weighted by Gasteiger charge is 2.50. The average molecular weight is 730 g/mol. The van der Waals surface area contributed by atoms with Crippen LogP contribution in [0.3, 0.4) is 0 Å². The number of rotatable bonds is 5. The van der Waals surface area contributed by atoms with Gasteiger partial charge in [-0.15, -0.1) is 0 Å². The maximum Gasteiger partial charge on any atom is 0.138 e. The van der Waals surface area contributed by atoms with Gasteiger partial charge in [-0.2, -0.15) is 0 Å². The van der Waals surface area contributed by atoms with E-state index in [1.54, 1.807) is 0 Å². The maximum absolute atomic E-state index is 6.67. The van der Waals surface area contributed by atoms with Gasteiger partial charge in [0, 0.05) is 49.6 Å². The van der Waals surface area contributed by atoms with Crippen LogP contribution in [-0.4, -0.2) is 0 Å². The maximum atomic E-state index is 6.67. The topological polar surface area (TPSA) is 16.4 Å². The molecule has 1 aliphatic carbocycles. The average Bonchev–Trinajstić information content (AvgIpc) is 3.74. The molecule has 0 radical (unpaired) electrons. The van der Waals surface area contributed by atoms with Gasteiger partial charge < -0.3 is 9.32 Å². The SMILES string of the molecule is Clc1ccc2c(c1)-c1ccccc1C21c2ccccc2Sc2cc(CN(c3ccccc3)c3cc(-c4ccccc4)c4c(c3)oc3ccccc34)ccc21. The fraction of sp³-hybridized carbons (Fsp3) is 0.0400. The fourth-order valence-corrected chi connectivity index (χ4v) is 10.4. The van der Waals surface area contributed by atoms with Gasteiger partial charge in [0.25, 0.3) is 0 Å². The Morgan fingerprint density at radius 3 is 2.06 bits per heavy atom. The molecule has 0 amide bonds. The van der Waals surface area contributed by atoms with Gasteiger partial charge in [0.05, 0.1) is 5.41 Å². The molecule has 2 nitrogen and oxygen atoms in total. The van der Waals surface area contributed by atoms with E-state index in [-0.39, 0.29) is 0 Å². The van der Waals surface area contributed by atoms with Crippen LogP contribution in [0.2, 0.25) is 5.02 Å². The fourth-order valence-electron chi connectivity index (χ4n) is 8.99. The summed E-state index contributed by atoms with van der Waals surface area (Å²) >= 11 is 8.54. The van der Waals surface area contributed by atoms with Crippen molar-refractivity contribution in [2.24, 2.45) is 0 Å². The molecule has 0 fully saturated rings. The Kier molecular flexibility index (Phi) is 7.17. The van der Waals surface area contributed by atoms with E-state index in [4.69, 9.17) is 16.0 Å². The lowest BCUT2D eigenvalue weighted by Gasteiger charge is -2.40. The van der Waals surface area contributed by atoms with E-state index in [2.05, 4.69) is 175 Å². The zero-order valence-electron chi connectivity index (χ0n) is 29.2. The Morgan fingerprint density at radius 2 is 1.19 bits per heavy atom. The molecule has 4 heteroatoms. The lowest BCUT2D eigenvalue weighted by molar-refractivity contribution is 0.669. The van der Waals surface area contributed by atoms with Crippen molar-refractivity contribution >= 4 is 56.7 Å². The summed E-state index contributed by atoms with van der Waals surface area (Å²) in [5.41, 5.74) is 14.8. The largest absolute Gasteiger partial charge is 0.456 e. The molecule has 1 atom stereocenters. The van der Waals surface area contributed by atoms with Crippen molar-refractivity contribution in [3.63, 3.8) is 0 Å². The monoisotopic (exact) mass is 729 g/mol. The van der Waals surface area contributed by atoms with Gasteiger partial charge in [-0.1, -0.05) is 151 Å². The first-order chi connectivity index (χ1) is 26.7. The Bertz CT molecular complexity index is 2920. The van der Waals surface area contributed by atoms with Crippen LogP contribution >= 0.6 is 23.4 Å². The molecule has 1 unspecified atom stereocenters. The van der Waals surface area contributed by atoms with Crippen molar-refractivity contribution < 1.29 is 4.42 Å². The van der Waals surface area contributed by atoms with E-state index < -0.39 is 5.41 Å². The van der Waals surface area contributed by atoms with Gasteiger partial charge in [0.15, 0.2) is 0 Å². The second-order valence-corrected chi connectivity index (χ2v) is 15.7. The van der Waals surface area contributed by atoms with E-state index in [9.17, 15) is 0 Å². The molecule has 11 rings (SSSR count). The van der Waals surface area contributed by atoms with Gasteiger partial charge in [-0.05, 0) is 98.6 Å². The predicted molar refractivity (Wildman–Crippen MR) is 224 cm³/mol. The van der Waals surface area contributed by atoms with Crippen LogP contribution in [0.1, 0.15) is 27.8 Å². The molecular weight excluding hydrogens is 698 g/mol. The van der Waals surface area contributed by atoms with Crippen molar-refractivity contribution in [3.05, 3.63) is 215 Å². The summed E-state index contributed by atoms with van der Waals surface area (Å²) < 4.78 is 6.58. The van der Waals surface area contributed by atoms with E-state index in [1.807, 2.05) is 23.9 Å². The molecule has 256 valence electrons. The normalized spacial score (nSPS) is 15.2. The second-order valence-electron chi connectivity index (χ2n) is 14.2. The zero-order chi connectivity index (χ0) is 35.8. The third-order valence-electron chi connectivity index (χ3n) is 11.2. The molecule has 0 N–H and O–H groups in total. The number of para-hydroxylation sites is 2. The van der Waals surface area contributed by atoms with E-state index in [0.29, 0.717) is 6.54 Å². The summed E-state index contributed by atoms with van der Waals surface area (Å²) in [4.78, 5) is 4.97. The van der Waals surface area contributed by atoms with Crippen LogP contribution in [0.5, 0.6) is 0 Å². The molecule has 0 bridgehead atoms. The predicted octanol–water partition coefficient (Wildman–Crippen LogP) is 14.1. The summed E-state index contributed by atoms with van der Waals surface area (Å²) in [6, 6.07) is 65.6. The summed E-state index contributed by atoms with van der Waals surface area (Å²) in [5, 5.41) is 3.02. The lowest BCUT2D eigenvalue weighted by atomic mass is 9.67. The molecule has 1 aromatic heterocycles. The minimum absolute atomic E-state index is 0.442. The Labute approximate surface area is 323 Å². The van der Waals surface area contributed by atoms with Crippen molar-refractivity contribution in [2.45, 2.75) is 21.8 Å². The Morgan fingerprint density at radius 1 is 0.500 bits per heavy atom. The summed E-state index contributed by atoms with van der Waals surface area (Å²) in [5.74, 6) is 0. The first-order valence-electron chi connectivity index (χ1n) is 18.3. The quantitative estimate of drug-likeness (QED) is 0.175. The number of fused-ring (bicyclic) bond motifs is 12. The van der Waals surface area contributed by atoms with Crippen LogP contribution in [0.25, 0.3) is 44.2 Å². The highest BCUT2D eigenvalue weighted by atomic mass is 35.5. The zero-order valence-corrected chi connectivity index (χ0v) is 30.7. The Hall–Kier alpha value is -6.00. The number of nitrogens with zero attached hydrogens (tertiary/aromatic N) is 1. The molecule has 0 saturated carbocycles. The highest BCUT2D eigenvalue weighted by Crippen LogP contribution is 2.62. The highest BCUT2D eigenvalue weighted by molar-refractivity contribution is 7.99. The Balaban J connectivity index is 1.09. The molecule has 9 aromatic rings. The van der Waals surface area contributed by atoms with Gasteiger partial charge >= 0.3 is 0 Å². The minimum Gasteiger partial charge on any atom is -0.456 e. The van der Waals surface area contributed by atoms with Crippen molar-refractivity contribution in [1.29, 1.82) is 0 Å². The van der Waals surface area contributed by atoms with Gasteiger partial charge in [-0.3, -0.25) is 0 Å². The third-order valence-corrected chi connectivity index (χ3v) is 12.6. The molecule has 54 heavy (non-hydrogen) atoms. The standard InChI is InChI=1S/C50H32ClNOS/c51-34-24-26-42-40(28-34)37-17-7-9-19-41(37)50(42)43-20-10-12-22-47(43)54-48-27-32(23-25-44(48)50)31-52(35-15-5-2-6-16-35)36-29-39(33-13-3-1-4-14-33)49-38-18-8-11-21-45(38)53-46(49)30-36/h1-30H,31H2. The van der Waals surface area contributed by atoms with Crippen molar-refractivity contribution in [3.8, 4) is 22.3 Å². The number of hydrogen-bond donors (Lipinski definition) is 0. The van der Waals surface area contributed by atoms with Gasteiger partial charge in [-0.25, -0.2) is 0 Å². The van der Waals surface area contributed by atoms with Gasteiger partial charge in [0.1, 0.15) is 11.2 Å². The lowest BCUT2D eigenvalue weighted by Crippen LogP contribution is -2.32. The van der Waals surface area contributed by atoms with Crippen LogP contribution in [0.4, 0.5) is 11.4 Å². The number of benzene rings is 8. The minimum atomic E-state index is -0.442. The van der Waals surface area contributed by atoms with Crippen LogP contribution in [0, 0.1) is 0 Å². The molecular formula is C50H32ClNOS. The van der Waals surface area contributed by atoms with E-state index >= 15 is 0 Å². The first kappa shape index (κ1) is 31.5. The van der Waals surface area contributed by atoms with Crippen LogP contribution in [0.15, 0.2) is 196 Å². The third kappa shape index (κ3) is 4.69. The van der Waals surface area contributed by atoms with E-state index in [1.165, 1.54) is 48.7 Å². The summed E-state index contributed by atoms with van der Waals surface area (Å²) in [7, 11) is 0. The summed E-state index contributed by atoms with van der Waals surface area (Å²) in [6.07, 6.45) is 0. The molecule has 1 aliphatic heterocycles. The first-order valence-corrected chi connectivity index (χ1v) is 19.5. The van der Waals surface area contributed by atoms with Crippen molar-refractivity contribution in [1.82, 2.24) is 0 Å². The number of furan rings is 1. The molecule has 2 heterocycles. The van der Waals surface area contributed by atoms with E-state index in [0.717, 1.165) is 49.5 Å². The van der Waals surface area contributed by atoms with Crippen LogP contribution < -0.4 is 4.90 Å². The number of anilines is 2. The summed E-state index contributed by atoms with van der Waals surface area (Å²) in [6.45, 7) is 0.676. The molecule has 0 saturated heterocycles. The number of halogens is 1. The van der Waals surface area contributed by atoms with Crippen LogP contribution in [-0.2, 0) is 12.0 Å². The second kappa shape index (κ2) is 12.3. The van der Waals surface area contributed by atoms with Crippen molar-refractivity contribution in [2.75, 3.05) is 4.90 Å². The molecule has 2 aliphatic rings. The van der Waals surface area contributed by atoms with Gasteiger partial charge in [0.2, 0.25) is 0 Å². The smallest absolute Gasteiger partial charge is 0.138 e.